The van der Waals surface area contributed by atoms with Crippen molar-refractivity contribution in [2.24, 2.45) is 7.05 Å². The fourth-order valence-electron chi connectivity index (χ4n) is 1.70. The fourth-order valence-corrected chi connectivity index (χ4v) is 1.70. The summed E-state index contributed by atoms with van der Waals surface area (Å²) in [5.74, 6) is -0.287. The Balaban J connectivity index is 2.58. The minimum Gasteiger partial charge on any atom is -0.478 e. The highest BCUT2D eigenvalue weighted by atomic mass is 16.4. The van der Waals surface area contributed by atoms with Gasteiger partial charge in [0.15, 0.2) is 0 Å². The van der Waals surface area contributed by atoms with Crippen molar-refractivity contribution < 1.29 is 15.0 Å². The SMILES string of the molecule is Cn1c(CC[O])nc2cc(C(=O)O)ccc21. The summed E-state index contributed by atoms with van der Waals surface area (Å²) in [6.45, 7) is -0.219. The van der Waals surface area contributed by atoms with Crippen molar-refractivity contribution in [2.75, 3.05) is 6.61 Å². The number of imidazole rings is 1. The first-order valence-electron chi connectivity index (χ1n) is 4.90. The van der Waals surface area contributed by atoms with Crippen LogP contribution in [0.2, 0.25) is 0 Å². The molecule has 83 valence electrons. The smallest absolute Gasteiger partial charge is 0.335 e. The van der Waals surface area contributed by atoms with Gasteiger partial charge in [0.1, 0.15) is 5.82 Å². The minimum absolute atomic E-state index is 0.208. The van der Waals surface area contributed by atoms with E-state index in [1.165, 1.54) is 12.1 Å². The average molecular weight is 219 g/mol. The van der Waals surface area contributed by atoms with E-state index in [-0.39, 0.29) is 12.2 Å². The van der Waals surface area contributed by atoms with Crippen LogP contribution in [0.1, 0.15) is 16.2 Å². The number of nitrogens with zero attached hydrogens (tertiary/aromatic N) is 2. The van der Waals surface area contributed by atoms with Crippen molar-refractivity contribution in [1.82, 2.24) is 9.55 Å². The molecule has 0 aliphatic carbocycles. The predicted molar refractivity (Wildman–Crippen MR) is 56.9 cm³/mol. The van der Waals surface area contributed by atoms with E-state index in [9.17, 15) is 9.90 Å². The molecule has 0 atom stereocenters. The van der Waals surface area contributed by atoms with Gasteiger partial charge in [-0.3, -0.25) is 0 Å². The number of aromatic nitrogens is 2. The minimum atomic E-state index is -0.974. The molecule has 0 fully saturated rings. The third kappa shape index (κ3) is 1.65. The van der Waals surface area contributed by atoms with Gasteiger partial charge >= 0.3 is 5.97 Å². The van der Waals surface area contributed by atoms with Gasteiger partial charge in [0.05, 0.1) is 23.2 Å². The Bertz CT molecular complexity index is 545. The number of fused-ring (bicyclic) bond motifs is 1. The lowest BCUT2D eigenvalue weighted by molar-refractivity contribution is 0.0697. The van der Waals surface area contributed by atoms with Gasteiger partial charge in [-0.05, 0) is 18.2 Å². The summed E-state index contributed by atoms with van der Waals surface area (Å²) in [5, 5.41) is 19.4. The standard InChI is InChI=1S/C11H11N2O3/c1-13-9-3-2-7(11(15)16)6-8(9)12-10(13)4-5-14/h2-3,6H,4-5H2,1H3,(H,15,16). The van der Waals surface area contributed by atoms with E-state index >= 15 is 0 Å². The van der Waals surface area contributed by atoms with Crippen molar-refractivity contribution >= 4 is 17.0 Å². The molecule has 0 bridgehead atoms. The number of hydrogen-bond donors (Lipinski definition) is 1. The lowest BCUT2D eigenvalue weighted by Crippen LogP contribution is -1.99. The Kier molecular flexibility index (Phi) is 2.62. The number of aryl methyl sites for hydroxylation is 1. The molecular weight excluding hydrogens is 208 g/mol. The molecule has 0 aliphatic rings. The van der Waals surface area contributed by atoms with E-state index < -0.39 is 5.97 Å². The normalized spacial score (nSPS) is 10.9. The highest BCUT2D eigenvalue weighted by molar-refractivity contribution is 5.92. The monoisotopic (exact) mass is 219 g/mol. The lowest BCUT2D eigenvalue weighted by Gasteiger charge is -1.98. The van der Waals surface area contributed by atoms with Crippen molar-refractivity contribution in [3.8, 4) is 0 Å². The van der Waals surface area contributed by atoms with E-state index in [0.717, 1.165) is 5.52 Å². The van der Waals surface area contributed by atoms with E-state index in [4.69, 9.17) is 5.11 Å². The molecule has 0 saturated heterocycles. The predicted octanol–water partition coefficient (Wildman–Crippen LogP) is 1.24. The highest BCUT2D eigenvalue weighted by Crippen LogP contribution is 2.17. The van der Waals surface area contributed by atoms with Crippen LogP contribution < -0.4 is 0 Å². The zero-order valence-corrected chi connectivity index (χ0v) is 8.80. The van der Waals surface area contributed by atoms with Gasteiger partial charge in [-0.25, -0.2) is 14.9 Å². The number of benzene rings is 1. The van der Waals surface area contributed by atoms with Gasteiger partial charge in [-0.2, -0.15) is 0 Å². The number of rotatable bonds is 3. The molecule has 0 saturated carbocycles. The van der Waals surface area contributed by atoms with E-state index in [2.05, 4.69) is 4.98 Å². The van der Waals surface area contributed by atoms with E-state index in [1.54, 1.807) is 6.07 Å². The Morgan fingerprint density at radius 3 is 2.88 bits per heavy atom. The van der Waals surface area contributed by atoms with Gasteiger partial charge in [-0.15, -0.1) is 0 Å². The number of carbonyl (C=O) groups is 1. The van der Waals surface area contributed by atoms with Crippen LogP contribution in [0.3, 0.4) is 0 Å². The van der Waals surface area contributed by atoms with E-state index in [0.29, 0.717) is 17.8 Å². The Morgan fingerprint density at radius 1 is 1.50 bits per heavy atom. The van der Waals surface area contributed by atoms with Crippen LogP contribution in [0.25, 0.3) is 11.0 Å². The summed E-state index contributed by atoms with van der Waals surface area (Å²) in [6.07, 6.45) is 0.355. The second-order valence-corrected chi connectivity index (χ2v) is 3.55. The molecule has 0 aliphatic heterocycles. The molecule has 16 heavy (non-hydrogen) atoms. The summed E-state index contributed by atoms with van der Waals surface area (Å²) in [6, 6.07) is 4.76. The van der Waals surface area contributed by atoms with Gasteiger partial charge < -0.3 is 9.67 Å². The summed E-state index contributed by atoms with van der Waals surface area (Å²) in [7, 11) is 1.82. The van der Waals surface area contributed by atoms with Gasteiger partial charge in [0.2, 0.25) is 0 Å². The topological polar surface area (TPSA) is 75.0 Å². The molecule has 1 aromatic carbocycles. The maximum absolute atomic E-state index is 10.8. The highest BCUT2D eigenvalue weighted by Gasteiger charge is 2.10. The number of hydrogen-bond acceptors (Lipinski definition) is 2. The first-order chi connectivity index (χ1) is 7.63. The molecule has 0 unspecified atom stereocenters. The Hall–Kier alpha value is -1.88. The maximum Gasteiger partial charge on any atom is 0.335 e. The van der Waals surface area contributed by atoms with Gasteiger partial charge in [0.25, 0.3) is 0 Å². The number of aromatic carboxylic acids is 1. The summed E-state index contributed by atoms with van der Waals surface area (Å²) >= 11 is 0. The Labute approximate surface area is 92.0 Å². The molecular formula is C11H11N2O3. The lowest BCUT2D eigenvalue weighted by atomic mass is 10.2. The van der Waals surface area contributed by atoms with Crippen molar-refractivity contribution in [1.29, 1.82) is 0 Å². The van der Waals surface area contributed by atoms with Gasteiger partial charge in [-0.1, -0.05) is 0 Å². The number of carboxylic acid groups (broad SMARTS) is 1. The fraction of sp³-hybridized carbons (Fsp3) is 0.273. The zero-order valence-electron chi connectivity index (χ0n) is 8.80. The molecule has 1 aromatic heterocycles. The average Bonchev–Trinajstić information content (AvgIpc) is 2.56. The molecule has 0 spiro atoms. The second-order valence-electron chi connectivity index (χ2n) is 3.55. The third-order valence-electron chi connectivity index (χ3n) is 2.55. The van der Waals surface area contributed by atoms with Crippen LogP contribution in [0.5, 0.6) is 0 Å². The second kappa shape index (κ2) is 3.94. The zero-order chi connectivity index (χ0) is 11.7. The first-order valence-corrected chi connectivity index (χ1v) is 4.90. The third-order valence-corrected chi connectivity index (χ3v) is 2.55. The van der Waals surface area contributed by atoms with Crippen molar-refractivity contribution in [3.05, 3.63) is 29.6 Å². The van der Waals surface area contributed by atoms with Crippen LogP contribution >= 0.6 is 0 Å². The largest absolute Gasteiger partial charge is 0.478 e. The molecule has 2 rings (SSSR count). The Morgan fingerprint density at radius 2 is 2.25 bits per heavy atom. The van der Waals surface area contributed by atoms with Crippen LogP contribution in [-0.2, 0) is 18.6 Å². The van der Waals surface area contributed by atoms with Crippen LogP contribution in [0, 0.1) is 0 Å². The molecule has 1 N–H and O–H groups in total. The summed E-state index contributed by atoms with van der Waals surface area (Å²) in [5.41, 5.74) is 1.67. The molecule has 5 heteroatoms. The van der Waals surface area contributed by atoms with Crippen LogP contribution in [0.15, 0.2) is 18.2 Å². The maximum atomic E-state index is 10.8. The summed E-state index contributed by atoms with van der Waals surface area (Å²) in [4.78, 5) is 15.0. The molecule has 2 aromatic rings. The molecule has 1 radical (unpaired) electrons. The molecule has 0 amide bonds. The molecule has 5 nitrogen and oxygen atoms in total. The number of carboxylic acids is 1. The van der Waals surface area contributed by atoms with E-state index in [1.807, 2.05) is 11.6 Å². The van der Waals surface area contributed by atoms with Gasteiger partial charge in [0, 0.05) is 13.5 Å². The van der Waals surface area contributed by atoms with Crippen LogP contribution in [0.4, 0.5) is 0 Å². The summed E-state index contributed by atoms with van der Waals surface area (Å²) < 4.78 is 1.82. The van der Waals surface area contributed by atoms with Crippen molar-refractivity contribution in [2.45, 2.75) is 6.42 Å². The first kappa shape index (κ1) is 10.6. The van der Waals surface area contributed by atoms with Crippen LogP contribution in [-0.4, -0.2) is 27.2 Å². The molecule has 1 heterocycles. The van der Waals surface area contributed by atoms with Crippen molar-refractivity contribution in [3.63, 3.8) is 0 Å². The quantitative estimate of drug-likeness (QED) is 0.843.